The Morgan fingerprint density at radius 1 is 0.448 bits per heavy atom. The molecule has 0 fully saturated rings. The number of guanidine groups is 4. The predicted molar refractivity (Wildman–Crippen MR) is 323 cm³/mol. The maximum Gasteiger partial charge on any atom is 0.274 e. The number of benzene rings is 1. The van der Waals surface area contributed by atoms with E-state index in [4.69, 9.17) is 71.5 Å². The van der Waals surface area contributed by atoms with Crippen molar-refractivity contribution >= 4 is 94.2 Å². The molecule has 8 amide bonds. The summed E-state index contributed by atoms with van der Waals surface area (Å²) in [5, 5.41) is 18.2. The zero-order chi connectivity index (χ0) is 64.2. The van der Waals surface area contributed by atoms with Crippen molar-refractivity contribution in [1.82, 2.24) is 30.9 Å². The van der Waals surface area contributed by atoms with Crippen molar-refractivity contribution in [3.63, 3.8) is 0 Å². The molecule has 3 heterocycles. The van der Waals surface area contributed by atoms with E-state index in [1.807, 2.05) is 0 Å². The molecule has 0 saturated heterocycles. The third-order valence-electron chi connectivity index (χ3n) is 12.1. The van der Waals surface area contributed by atoms with Crippen LogP contribution in [0.3, 0.4) is 0 Å². The van der Waals surface area contributed by atoms with Crippen molar-refractivity contribution in [2.45, 2.75) is 75.5 Å². The van der Waals surface area contributed by atoms with Crippen molar-refractivity contribution in [1.29, 1.82) is 0 Å². The monoisotopic (exact) mass is 1210 g/mol. The first-order chi connectivity index (χ1) is 41.4. The second-order valence-corrected chi connectivity index (χ2v) is 18.6. The fourth-order valence-electron chi connectivity index (χ4n) is 7.82. The lowest BCUT2D eigenvalue weighted by molar-refractivity contribution is -0.118. The average Bonchev–Trinajstić information content (AvgIpc) is 1.78. The number of pyridine rings is 3. The minimum atomic E-state index is -1.37. The standard InChI is InChI=1S/C52H74N24O11/c1-85-33-16-15-26(25-27(33)41(54)77)67-43(79)30(11-6-22-64-50(57)58)69-44(80)29-10-4-14-36(68-29)75-45(81)31(12-7-23-65-51(59)60)70-48(84)40-35(87-3)18-20-38(73-40)76-46(82)32(13-8-24-66-52(61)62)71-47(83)39-34(86-2)17-19-37(72-39)74-42(78)28(53)9-5-21-63-49(55)56/h4,10,14-20,25,28,30-32H,5-9,11-13,21-24,53H2,1-3H3,(H2,54,77)(H,67,79)(H,69,80)(H,70,84)(H,71,83)(H4,55,56,63)(H4,57,58,64)(H4,59,60,65)(H4,61,62,66)(H,68,75,81)(H,72,74,78)(H,73,76,82)/t28-,30-,31-,32-/m1/s1. The molecular formula is C52H74N24O11. The van der Waals surface area contributed by atoms with E-state index in [0.717, 1.165) is 0 Å². The molecule has 0 aliphatic rings. The summed E-state index contributed by atoms with van der Waals surface area (Å²) in [6.45, 7) is 0.446. The Balaban J connectivity index is 1.57. The number of rotatable bonds is 34. The van der Waals surface area contributed by atoms with Gasteiger partial charge in [-0.15, -0.1) is 0 Å². The van der Waals surface area contributed by atoms with Gasteiger partial charge in [-0.3, -0.25) is 58.3 Å². The number of amides is 8. The highest BCUT2D eigenvalue weighted by Gasteiger charge is 2.29. The molecule has 4 atom stereocenters. The zero-order valence-electron chi connectivity index (χ0n) is 48.0. The number of ether oxygens (including phenoxy) is 3. The Morgan fingerprint density at radius 2 is 0.828 bits per heavy atom. The highest BCUT2D eigenvalue weighted by molar-refractivity contribution is 6.05. The van der Waals surface area contributed by atoms with Gasteiger partial charge in [-0.25, -0.2) is 15.0 Å². The van der Waals surface area contributed by atoms with Crippen molar-refractivity contribution < 1.29 is 52.6 Å². The Labute approximate surface area is 498 Å². The van der Waals surface area contributed by atoms with Crippen LogP contribution >= 0.6 is 0 Å². The largest absolute Gasteiger partial charge is 0.496 e. The second-order valence-electron chi connectivity index (χ2n) is 18.6. The number of nitrogens with zero attached hydrogens (tertiary/aromatic N) is 7. The Morgan fingerprint density at radius 3 is 1.24 bits per heavy atom. The summed E-state index contributed by atoms with van der Waals surface area (Å²) in [4.78, 5) is 137. The fourth-order valence-corrected chi connectivity index (χ4v) is 7.82. The average molecular weight is 1210 g/mol. The second kappa shape index (κ2) is 34.5. The number of nitrogens with two attached hydrogens (primary N) is 10. The van der Waals surface area contributed by atoms with Crippen molar-refractivity contribution in [2.75, 3.05) is 68.8 Å². The number of anilines is 4. The van der Waals surface area contributed by atoms with Gasteiger partial charge in [0.05, 0.1) is 32.9 Å². The van der Waals surface area contributed by atoms with Crippen molar-refractivity contribution in [3.05, 3.63) is 83.3 Å². The third kappa shape index (κ3) is 22.9. The summed E-state index contributed by atoms with van der Waals surface area (Å²) in [5.74, 6) is -7.59. The molecule has 1 aromatic carbocycles. The first-order valence-electron chi connectivity index (χ1n) is 26.6. The smallest absolute Gasteiger partial charge is 0.274 e. The first-order valence-corrected chi connectivity index (χ1v) is 26.6. The molecule has 0 aliphatic heterocycles. The molecule has 27 N–H and O–H groups in total. The summed E-state index contributed by atoms with van der Waals surface area (Å²) in [5.41, 5.74) is 54.5. The minimum Gasteiger partial charge on any atom is -0.496 e. The van der Waals surface area contributed by atoms with Gasteiger partial charge in [0.2, 0.25) is 23.6 Å². The van der Waals surface area contributed by atoms with Gasteiger partial charge in [0.25, 0.3) is 23.6 Å². The summed E-state index contributed by atoms with van der Waals surface area (Å²) in [7, 11) is 3.87. The van der Waals surface area contributed by atoms with Gasteiger partial charge in [0.1, 0.15) is 58.5 Å². The van der Waals surface area contributed by atoms with Gasteiger partial charge in [0.15, 0.2) is 35.2 Å². The topological polar surface area (TPSA) is 597 Å². The maximum atomic E-state index is 14.2. The number of carbonyl (C=O) groups excluding carboxylic acids is 8. The fraction of sp³-hybridized carbons (Fsp3) is 0.365. The van der Waals surface area contributed by atoms with E-state index in [1.54, 1.807) is 0 Å². The zero-order valence-corrected chi connectivity index (χ0v) is 48.0. The van der Waals surface area contributed by atoms with E-state index in [2.05, 4.69) is 72.1 Å². The molecule has 35 nitrogen and oxygen atoms in total. The van der Waals surface area contributed by atoms with Crippen LogP contribution < -0.4 is 109 Å². The van der Waals surface area contributed by atoms with Crippen LogP contribution in [0.5, 0.6) is 17.2 Å². The number of hydrogen-bond acceptors (Lipinski definition) is 19. The third-order valence-corrected chi connectivity index (χ3v) is 12.1. The summed E-state index contributed by atoms with van der Waals surface area (Å²) in [6, 6.07) is 8.74. The molecule has 0 aliphatic carbocycles. The van der Waals surface area contributed by atoms with Gasteiger partial charge in [-0.05, 0) is 106 Å². The molecule has 87 heavy (non-hydrogen) atoms. The highest BCUT2D eigenvalue weighted by Crippen LogP contribution is 2.24. The van der Waals surface area contributed by atoms with Crippen LogP contribution in [0, 0.1) is 0 Å². The van der Waals surface area contributed by atoms with Crippen LogP contribution in [-0.4, -0.2) is 158 Å². The van der Waals surface area contributed by atoms with Crippen LogP contribution in [0.25, 0.3) is 0 Å². The normalized spacial score (nSPS) is 11.9. The van der Waals surface area contributed by atoms with Crippen LogP contribution in [0.4, 0.5) is 23.1 Å². The Bertz CT molecular complexity index is 3210. The van der Waals surface area contributed by atoms with Gasteiger partial charge in [-0.1, -0.05) is 6.07 Å². The van der Waals surface area contributed by atoms with Crippen LogP contribution in [0.1, 0.15) is 93.2 Å². The van der Waals surface area contributed by atoms with Crippen LogP contribution in [-0.2, 0) is 19.2 Å². The number of aromatic nitrogens is 3. The van der Waals surface area contributed by atoms with E-state index in [1.165, 1.54) is 82.0 Å². The molecule has 0 unspecified atom stereocenters. The first kappa shape index (κ1) is 68.4. The SMILES string of the molecule is COc1ccc(NC(=O)[C@@H](CCCN=C(N)N)NC(=O)c2cccc(NC(=O)[C@@H](CCCN=C(N)N)NC(=O)c3nc(NC(=O)[C@@H](CCCN=C(N)N)NC(=O)c4nc(NC(=O)[C@H](N)CCCN=C(N)N)ccc4OC)ccc3OC)n2)cc1C(N)=O. The van der Waals surface area contributed by atoms with Gasteiger partial charge in [0, 0.05) is 31.9 Å². The lowest BCUT2D eigenvalue weighted by atomic mass is 10.1. The molecule has 4 aromatic rings. The van der Waals surface area contributed by atoms with E-state index in [-0.39, 0.29) is 152 Å². The molecule has 468 valence electrons. The van der Waals surface area contributed by atoms with Gasteiger partial charge < -0.3 is 109 Å². The predicted octanol–water partition coefficient (Wildman–Crippen LogP) is -3.31. The Kier molecular flexibility index (Phi) is 27.1. The maximum absolute atomic E-state index is 14.2. The lowest BCUT2D eigenvalue weighted by Crippen LogP contribution is -2.45. The van der Waals surface area contributed by atoms with E-state index < -0.39 is 77.1 Å². The Hall–Kier alpha value is -11.1. The minimum absolute atomic E-state index is 0.0119. The molecule has 3 aromatic heterocycles. The van der Waals surface area contributed by atoms with E-state index in [9.17, 15) is 38.4 Å². The van der Waals surface area contributed by atoms with Crippen LogP contribution in [0.15, 0.2) is 80.6 Å². The number of hydrogen-bond donors (Lipinski definition) is 17. The quantitative estimate of drug-likeness (QED) is 0.0124. The summed E-state index contributed by atoms with van der Waals surface area (Å²) >= 11 is 0. The molecule has 4 rings (SSSR count). The summed E-state index contributed by atoms with van der Waals surface area (Å²) in [6.07, 6.45) is 1.04. The molecule has 0 saturated carbocycles. The molecule has 0 spiro atoms. The van der Waals surface area contributed by atoms with Crippen LogP contribution in [0.2, 0.25) is 0 Å². The molecule has 0 radical (unpaired) electrons. The van der Waals surface area contributed by atoms with E-state index >= 15 is 0 Å². The van der Waals surface area contributed by atoms with Gasteiger partial charge >= 0.3 is 0 Å². The number of carbonyl (C=O) groups is 8. The molecular weight excluding hydrogens is 1140 g/mol. The van der Waals surface area contributed by atoms with Crippen molar-refractivity contribution in [3.8, 4) is 17.2 Å². The lowest BCUT2D eigenvalue weighted by Gasteiger charge is -2.20. The molecule has 35 heteroatoms. The number of primary amides is 1. The summed E-state index contributed by atoms with van der Waals surface area (Å²) < 4.78 is 16.0. The molecule has 0 bridgehead atoms. The van der Waals surface area contributed by atoms with Gasteiger partial charge in [-0.2, -0.15) is 0 Å². The highest BCUT2D eigenvalue weighted by atomic mass is 16.5. The number of aliphatic imine (C=N–C) groups is 4. The number of nitrogens with one attached hydrogen (secondary N) is 7. The van der Waals surface area contributed by atoms with Crippen molar-refractivity contribution in [2.24, 2.45) is 77.3 Å². The van der Waals surface area contributed by atoms with E-state index in [0.29, 0.717) is 6.42 Å². The number of methoxy groups -OCH3 is 3.